The van der Waals surface area contributed by atoms with Crippen molar-refractivity contribution in [3.05, 3.63) is 0 Å². The van der Waals surface area contributed by atoms with Gasteiger partial charge in [-0.05, 0) is 25.2 Å². The second-order valence-corrected chi connectivity index (χ2v) is 4.28. The highest BCUT2D eigenvalue weighted by molar-refractivity contribution is 6.37. The number of rotatable bonds is 2. The van der Waals surface area contributed by atoms with Crippen LogP contribution in [0.1, 0.15) is 26.2 Å². The van der Waals surface area contributed by atoms with Gasteiger partial charge >= 0.3 is 0 Å². The molecule has 1 aliphatic carbocycles. The molecule has 2 aliphatic rings. The summed E-state index contributed by atoms with van der Waals surface area (Å²) < 4.78 is 0. The van der Waals surface area contributed by atoms with E-state index in [9.17, 15) is 9.59 Å². The van der Waals surface area contributed by atoms with Crippen molar-refractivity contribution >= 4 is 11.7 Å². The fraction of sp³-hybridized carbons (Fsp3) is 0.800. The van der Waals surface area contributed by atoms with Crippen molar-refractivity contribution in [1.29, 1.82) is 0 Å². The summed E-state index contributed by atoms with van der Waals surface area (Å²) in [6.45, 7) is 3.67. The van der Waals surface area contributed by atoms with Crippen LogP contribution in [-0.2, 0) is 9.59 Å². The number of likely N-dealkylation sites (tertiary alicyclic amines) is 1. The van der Waals surface area contributed by atoms with E-state index >= 15 is 0 Å². The summed E-state index contributed by atoms with van der Waals surface area (Å²) in [5.74, 6) is 0.264. The average molecular weight is 181 g/mol. The zero-order chi connectivity index (χ0) is 9.42. The molecular weight excluding hydrogens is 166 g/mol. The molecule has 3 heteroatoms. The maximum absolute atomic E-state index is 11.5. The van der Waals surface area contributed by atoms with E-state index in [2.05, 4.69) is 6.92 Å². The van der Waals surface area contributed by atoms with Gasteiger partial charge in [0.25, 0.3) is 5.91 Å². The van der Waals surface area contributed by atoms with Crippen LogP contribution in [0, 0.1) is 11.8 Å². The monoisotopic (exact) mass is 181 g/mol. The maximum Gasteiger partial charge on any atom is 0.290 e. The zero-order valence-corrected chi connectivity index (χ0v) is 7.95. The first-order chi connectivity index (χ1) is 6.18. The van der Waals surface area contributed by atoms with Crippen molar-refractivity contribution < 1.29 is 9.59 Å². The average Bonchev–Trinajstić information content (AvgIpc) is 2.87. The van der Waals surface area contributed by atoms with E-state index < -0.39 is 0 Å². The summed E-state index contributed by atoms with van der Waals surface area (Å²) in [7, 11) is 0. The van der Waals surface area contributed by atoms with Gasteiger partial charge in [-0.1, -0.05) is 6.92 Å². The SMILES string of the molecule is CC1CCN(C(=O)C(=O)C2CC2)C1. The minimum atomic E-state index is -0.230. The smallest absolute Gasteiger partial charge is 0.290 e. The Morgan fingerprint density at radius 3 is 2.38 bits per heavy atom. The molecule has 13 heavy (non-hydrogen) atoms. The number of hydrogen-bond acceptors (Lipinski definition) is 2. The molecule has 1 amide bonds. The molecule has 0 N–H and O–H groups in total. The van der Waals surface area contributed by atoms with Crippen LogP contribution in [0.4, 0.5) is 0 Å². The molecule has 0 spiro atoms. The Kier molecular flexibility index (Phi) is 2.10. The quantitative estimate of drug-likeness (QED) is 0.592. The Labute approximate surface area is 78.1 Å². The Morgan fingerprint density at radius 2 is 1.92 bits per heavy atom. The second-order valence-electron chi connectivity index (χ2n) is 4.28. The van der Waals surface area contributed by atoms with Gasteiger partial charge < -0.3 is 4.90 Å². The normalized spacial score (nSPS) is 27.8. The number of hydrogen-bond donors (Lipinski definition) is 0. The summed E-state index contributed by atoms with van der Waals surface area (Å²) in [5.41, 5.74) is 0. The lowest BCUT2D eigenvalue weighted by atomic mass is 10.2. The van der Waals surface area contributed by atoms with Gasteiger partial charge in [-0.25, -0.2) is 0 Å². The molecule has 1 unspecified atom stereocenters. The minimum absolute atomic E-state index is 0.0726. The van der Waals surface area contributed by atoms with Crippen LogP contribution in [0.25, 0.3) is 0 Å². The summed E-state index contributed by atoms with van der Waals surface area (Å²) in [6.07, 6.45) is 2.89. The summed E-state index contributed by atoms with van der Waals surface area (Å²) in [6, 6.07) is 0. The molecular formula is C10H15NO2. The van der Waals surface area contributed by atoms with Crippen LogP contribution in [0.2, 0.25) is 0 Å². The van der Waals surface area contributed by atoms with Gasteiger partial charge in [-0.15, -0.1) is 0 Å². The number of carbonyl (C=O) groups excluding carboxylic acids is 2. The lowest BCUT2D eigenvalue weighted by molar-refractivity contribution is -0.144. The third-order valence-corrected chi connectivity index (χ3v) is 2.87. The molecule has 0 aromatic carbocycles. The van der Waals surface area contributed by atoms with Crippen LogP contribution in [0.5, 0.6) is 0 Å². The molecule has 0 aromatic rings. The molecule has 0 radical (unpaired) electrons. The third-order valence-electron chi connectivity index (χ3n) is 2.87. The molecule has 2 fully saturated rings. The molecule has 1 saturated carbocycles. The molecule has 1 aliphatic heterocycles. The highest BCUT2D eigenvalue weighted by Crippen LogP contribution is 2.31. The van der Waals surface area contributed by atoms with E-state index in [1.807, 2.05) is 0 Å². The Morgan fingerprint density at radius 1 is 1.23 bits per heavy atom. The summed E-state index contributed by atoms with van der Waals surface area (Å²) >= 11 is 0. The first-order valence-corrected chi connectivity index (χ1v) is 5.01. The van der Waals surface area contributed by atoms with Crippen LogP contribution < -0.4 is 0 Å². The predicted molar refractivity (Wildman–Crippen MR) is 48.1 cm³/mol. The number of nitrogens with zero attached hydrogens (tertiary/aromatic N) is 1. The number of carbonyl (C=O) groups is 2. The molecule has 0 bridgehead atoms. The second kappa shape index (κ2) is 3.13. The molecule has 72 valence electrons. The molecule has 3 nitrogen and oxygen atoms in total. The van der Waals surface area contributed by atoms with E-state index in [0.717, 1.165) is 32.4 Å². The lowest BCUT2D eigenvalue weighted by Gasteiger charge is -2.14. The van der Waals surface area contributed by atoms with E-state index in [1.54, 1.807) is 4.90 Å². The van der Waals surface area contributed by atoms with Crippen molar-refractivity contribution in [1.82, 2.24) is 4.90 Å². The first-order valence-electron chi connectivity index (χ1n) is 5.01. The standard InChI is InChI=1S/C10H15NO2/c1-7-4-5-11(6-7)10(13)9(12)8-2-3-8/h7-8H,2-6H2,1H3. The van der Waals surface area contributed by atoms with Gasteiger partial charge in [-0.2, -0.15) is 0 Å². The van der Waals surface area contributed by atoms with Gasteiger partial charge in [0, 0.05) is 19.0 Å². The van der Waals surface area contributed by atoms with Gasteiger partial charge in [0.05, 0.1) is 0 Å². The van der Waals surface area contributed by atoms with E-state index in [0.29, 0.717) is 5.92 Å². The zero-order valence-electron chi connectivity index (χ0n) is 7.95. The molecule has 1 atom stereocenters. The largest absolute Gasteiger partial charge is 0.336 e. The van der Waals surface area contributed by atoms with Crippen LogP contribution >= 0.6 is 0 Å². The highest BCUT2D eigenvalue weighted by Gasteiger charge is 2.37. The Balaban J connectivity index is 1.92. The summed E-state index contributed by atoms with van der Waals surface area (Å²) in [5, 5.41) is 0. The van der Waals surface area contributed by atoms with Crippen molar-refractivity contribution in [2.75, 3.05) is 13.1 Å². The van der Waals surface area contributed by atoms with Gasteiger partial charge in [0.1, 0.15) is 0 Å². The Hall–Kier alpha value is -0.860. The first kappa shape index (κ1) is 8.73. The molecule has 0 aromatic heterocycles. The lowest BCUT2D eigenvalue weighted by Crippen LogP contribution is -2.35. The van der Waals surface area contributed by atoms with Crippen LogP contribution in [0.15, 0.2) is 0 Å². The Bertz CT molecular complexity index is 245. The topological polar surface area (TPSA) is 37.4 Å². The van der Waals surface area contributed by atoms with Crippen molar-refractivity contribution in [3.8, 4) is 0 Å². The molecule has 2 rings (SSSR count). The molecule has 1 heterocycles. The fourth-order valence-corrected chi connectivity index (χ4v) is 1.80. The van der Waals surface area contributed by atoms with Crippen molar-refractivity contribution in [2.45, 2.75) is 26.2 Å². The van der Waals surface area contributed by atoms with Crippen LogP contribution in [0.3, 0.4) is 0 Å². The molecule has 1 saturated heterocycles. The fourth-order valence-electron chi connectivity index (χ4n) is 1.80. The summed E-state index contributed by atoms with van der Waals surface area (Å²) in [4.78, 5) is 24.7. The van der Waals surface area contributed by atoms with Gasteiger partial charge in [-0.3, -0.25) is 9.59 Å². The van der Waals surface area contributed by atoms with E-state index in [1.165, 1.54) is 0 Å². The number of ketones is 1. The minimum Gasteiger partial charge on any atom is -0.336 e. The number of amides is 1. The van der Waals surface area contributed by atoms with Gasteiger partial charge in [0.15, 0.2) is 0 Å². The van der Waals surface area contributed by atoms with Crippen molar-refractivity contribution in [3.63, 3.8) is 0 Å². The predicted octanol–water partition coefficient (Wildman–Crippen LogP) is 0.834. The van der Waals surface area contributed by atoms with Gasteiger partial charge in [0.2, 0.25) is 5.78 Å². The third kappa shape index (κ3) is 1.74. The number of Topliss-reactive ketones (excluding diaryl/α,β-unsaturated/α-hetero) is 1. The maximum atomic E-state index is 11.5. The van der Waals surface area contributed by atoms with E-state index in [4.69, 9.17) is 0 Å². The van der Waals surface area contributed by atoms with E-state index in [-0.39, 0.29) is 17.6 Å². The highest BCUT2D eigenvalue weighted by atomic mass is 16.2. The van der Waals surface area contributed by atoms with Crippen LogP contribution in [-0.4, -0.2) is 29.7 Å². The van der Waals surface area contributed by atoms with Crippen molar-refractivity contribution in [2.24, 2.45) is 11.8 Å².